The predicted molar refractivity (Wildman–Crippen MR) is 127 cm³/mol. The first kappa shape index (κ1) is 22.1. The third kappa shape index (κ3) is 3.94. The van der Waals surface area contributed by atoms with E-state index in [2.05, 4.69) is 16.8 Å². The molecule has 1 aromatic carbocycles. The maximum absolute atomic E-state index is 13.5. The average Bonchev–Trinajstić information content (AvgIpc) is 3.46. The highest BCUT2D eigenvalue weighted by Crippen LogP contribution is 2.38. The number of likely N-dealkylation sites (tertiary alicyclic amines) is 1. The second-order valence-electron chi connectivity index (χ2n) is 9.52. The molecule has 3 amide bonds. The SMILES string of the molecule is CC1CCN(C(=O)[C@@H]2CCCN(c3cccc4c3C(=O)N([C@@H](C)c3nccs3)C4=O)C2)CC1. The van der Waals surface area contributed by atoms with Crippen LogP contribution in [0.15, 0.2) is 29.8 Å². The number of nitrogens with zero attached hydrogens (tertiary/aromatic N) is 4. The number of piperidine rings is 2. The number of aromatic nitrogens is 1. The van der Waals surface area contributed by atoms with E-state index in [1.54, 1.807) is 12.3 Å². The minimum absolute atomic E-state index is 0.0689. The Kier molecular flexibility index (Phi) is 5.95. The zero-order valence-corrected chi connectivity index (χ0v) is 20.0. The summed E-state index contributed by atoms with van der Waals surface area (Å²) in [5, 5.41) is 2.59. The molecule has 2 fully saturated rings. The van der Waals surface area contributed by atoms with E-state index < -0.39 is 6.04 Å². The lowest BCUT2D eigenvalue weighted by molar-refractivity contribution is -0.137. The second-order valence-corrected chi connectivity index (χ2v) is 10.4. The van der Waals surface area contributed by atoms with E-state index >= 15 is 0 Å². The number of hydrogen-bond donors (Lipinski definition) is 0. The van der Waals surface area contributed by atoms with Crippen molar-refractivity contribution in [3.05, 3.63) is 45.9 Å². The number of amides is 3. The summed E-state index contributed by atoms with van der Waals surface area (Å²) in [6, 6.07) is 5.07. The summed E-state index contributed by atoms with van der Waals surface area (Å²) in [7, 11) is 0. The molecule has 0 saturated carbocycles. The lowest BCUT2D eigenvalue weighted by Gasteiger charge is -2.38. The van der Waals surface area contributed by atoms with Gasteiger partial charge in [0, 0.05) is 37.8 Å². The molecule has 0 aliphatic carbocycles. The minimum Gasteiger partial charge on any atom is -0.370 e. The molecular weight excluding hydrogens is 436 g/mol. The van der Waals surface area contributed by atoms with Crippen molar-refractivity contribution in [2.24, 2.45) is 11.8 Å². The first-order valence-electron chi connectivity index (χ1n) is 11.9. The van der Waals surface area contributed by atoms with E-state index in [0.717, 1.165) is 56.0 Å². The van der Waals surface area contributed by atoms with Crippen molar-refractivity contribution >= 4 is 34.7 Å². The van der Waals surface area contributed by atoms with Crippen LogP contribution in [-0.2, 0) is 4.79 Å². The molecule has 2 atom stereocenters. The second kappa shape index (κ2) is 8.89. The van der Waals surface area contributed by atoms with Crippen LogP contribution in [-0.4, -0.2) is 58.7 Å². The number of carbonyl (C=O) groups excluding carboxylic acids is 3. The standard InChI is InChI=1S/C25H30N4O3S/c1-16-8-12-27(13-9-16)23(30)18-5-4-11-28(15-18)20-7-3-6-19-21(20)25(32)29(24(19)31)17(2)22-26-10-14-33-22/h3,6-7,10,14,16-18H,4-5,8-9,11-13,15H2,1-2H3/t17-,18+/m0/s1. The molecule has 4 heterocycles. The van der Waals surface area contributed by atoms with Gasteiger partial charge >= 0.3 is 0 Å². The van der Waals surface area contributed by atoms with Gasteiger partial charge in [0.1, 0.15) is 5.01 Å². The van der Waals surface area contributed by atoms with Crippen molar-refractivity contribution < 1.29 is 14.4 Å². The van der Waals surface area contributed by atoms with Crippen LogP contribution in [0, 0.1) is 11.8 Å². The van der Waals surface area contributed by atoms with Gasteiger partial charge in [0.2, 0.25) is 5.91 Å². The van der Waals surface area contributed by atoms with Gasteiger partial charge in [-0.2, -0.15) is 0 Å². The molecule has 0 radical (unpaired) electrons. The number of carbonyl (C=O) groups is 3. The zero-order valence-electron chi connectivity index (χ0n) is 19.2. The lowest BCUT2D eigenvalue weighted by atomic mass is 9.92. The van der Waals surface area contributed by atoms with Crippen LogP contribution in [0.1, 0.15) is 71.3 Å². The van der Waals surface area contributed by atoms with Gasteiger partial charge in [-0.15, -0.1) is 11.3 Å². The molecule has 7 nitrogen and oxygen atoms in total. The number of imide groups is 1. The highest BCUT2D eigenvalue weighted by molar-refractivity contribution is 7.09. The summed E-state index contributed by atoms with van der Waals surface area (Å²) < 4.78 is 0. The molecule has 174 valence electrons. The molecule has 0 unspecified atom stereocenters. The fourth-order valence-electron chi connectivity index (χ4n) is 5.34. The summed E-state index contributed by atoms with van der Waals surface area (Å²) >= 11 is 1.44. The predicted octanol–water partition coefficient (Wildman–Crippen LogP) is 3.98. The van der Waals surface area contributed by atoms with Crippen LogP contribution < -0.4 is 4.90 Å². The molecule has 3 aliphatic rings. The topological polar surface area (TPSA) is 73.8 Å². The first-order chi connectivity index (χ1) is 16.0. The van der Waals surface area contributed by atoms with Gasteiger partial charge in [-0.1, -0.05) is 13.0 Å². The van der Waals surface area contributed by atoms with Crippen molar-refractivity contribution in [1.29, 1.82) is 0 Å². The van der Waals surface area contributed by atoms with Crippen LogP contribution in [0.5, 0.6) is 0 Å². The number of thiazole rings is 1. The Balaban J connectivity index is 1.38. The summed E-state index contributed by atoms with van der Waals surface area (Å²) in [5.74, 6) is 0.307. The summed E-state index contributed by atoms with van der Waals surface area (Å²) in [6.07, 6.45) is 5.59. The van der Waals surface area contributed by atoms with Crippen LogP contribution >= 0.6 is 11.3 Å². The van der Waals surface area contributed by atoms with Crippen molar-refractivity contribution in [3.8, 4) is 0 Å². The molecule has 0 bridgehead atoms. The number of anilines is 1. The quantitative estimate of drug-likeness (QED) is 0.638. The van der Waals surface area contributed by atoms with Crippen molar-refractivity contribution in [1.82, 2.24) is 14.8 Å². The Bertz CT molecular complexity index is 1060. The van der Waals surface area contributed by atoms with Gasteiger partial charge in [0.05, 0.1) is 28.8 Å². The highest BCUT2D eigenvalue weighted by atomic mass is 32.1. The summed E-state index contributed by atoms with van der Waals surface area (Å²) in [4.78, 5) is 49.7. The van der Waals surface area contributed by atoms with Gasteiger partial charge < -0.3 is 9.80 Å². The van der Waals surface area contributed by atoms with E-state index in [-0.39, 0.29) is 23.6 Å². The molecule has 8 heteroatoms. The lowest BCUT2D eigenvalue weighted by Crippen LogP contribution is -2.47. The van der Waals surface area contributed by atoms with E-state index in [4.69, 9.17) is 0 Å². The van der Waals surface area contributed by atoms with Gasteiger partial charge in [-0.05, 0) is 50.7 Å². The smallest absolute Gasteiger partial charge is 0.264 e. The average molecular weight is 467 g/mol. The fourth-order valence-corrected chi connectivity index (χ4v) is 6.02. The maximum Gasteiger partial charge on any atom is 0.264 e. The molecular formula is C25H30N4O3S. The number of rotatable bonds is 4. The maximum atomic E-state index is 13.5. The van der Waals surface area contributed by atoms with E-state index in [1.807, 2.05) is 29.3 Å². The van der Waals surface area contributed by atoms with E-state index in [0.29, 0.717) is 23.6 Å². The van der Waals surface area contributed by atoms with E-state index in [9.17, 15) is 14.4 Å². The molecule has 3 aliphatic heterocycles. The number of hydrogen-bond acceptors (Lipinski definition) is 6. The van der Waals surface area contributed by atoms with Crippen LogP contribution in [0.2, 0.25) is 0 Å². The molecule has 0 N–H and O–H groups in total. The molecule has 2 aromatic rings. The van der Waals surface area contributed by atoms with Gasteiger partial charge in [-0.3, -0.25) is 19.3 Å². The van der Waals surface area contributed by atoms with Crippen molar-refractivity contribution in [3.63, 3.8) is 0 Å². The van der Waals surface area contributed by atoms with Crippen LogP contribution in [0.4, 0.5) is 5.69 Å². The van der Waals surface area contributed by atoms with Gasteiger partial charge in [0.15, 0.2) is 0 Å². The highest BCUT2D eigenvalue weighted by Gasteiger charge is 2.42. The monoisotopic (exact) mass is 466 g/mol. The largest absolute Gasteiger partial charge is 0.370 e. The third-order valence-corrected chi connectivity index (χ3v) is 8.27. The van der Waals surface area contributed by atoms with Crippen molar-refractivity contribution in [2.45, 2.75) is 45.6 Å². The van der Waals surface area contributed by atoms with Gasteiger partial charge in [0.25, 0.3) is 11.8 Å². The molecule has 0 spiro atoms. The van der Waals surface area contributed by atoms with E-state index in [1.165, 1.54) is 16.2 Å². The van der Waals surface area contributed by atoms with Crippen molar-refractivity contribution in [2.75, 3.05) is 31.1 Å². The number of fused-ring (bicyclic) bond motifs is 1. The normalized spacial score (nSPS) is 22.6. The van der Waals surface area contributed by atoms with Crippen LogP contribution in [0.3, 0.4) is 0 Å². The zero-order chi connectivity index (χ0) is 23.1. The minimum atomic E-state index is -0.414. The third-order valence-electron chi connectivity index (χ3n) is 7.33. The Labute approximate surface area is 198 Å². The van der Waals surface area contributed by atoms with Crippen LogP contribution in [0.25, 0.3) is 0 Å². The Morgan fingerprint density at radius 2 is 1.91 bits per heavy atom. The number of benzene rings is 1. The molecule has 33 heavy (non-hydrogen) atoms. The summed E-state index contributed by atoms with van der Waals surface area (Å²) in [6.45, 7) is 7.14. The molecule has 2 saturated heterocycles. The first-order valence-corrected chi connectivity index (χ1v) is 12.8. The Hall–Kier alpha value is -2.74. The molecule has 5 rings (SSSR count). The van der Waals surface area contributed by atoms with Gasteiger partial charge in [-0.25, -0.2) is 4.98 Å². The molecule has 1 aromatic heterocycles. The Morgan fingerprint density at radius 3 is 2.64 bits per heavy atom. The Morgan fingerprint density at radius 1 is 1.12 bits per heavy atom. The fraction of sp³-hybridized carbons (Fsp3) is 0.520. The summed E-state index contributed by atoms with van der Waals surface area (Å²) in [5.41, 5.74) is 1.68.